The van der Waals surface area contributed by atoms with Gasteiger partial charge in [-0.15, -0.1) is 0 Å². The standard InChI is InChI=1S/C38H54N4O6/c1-29(43)31-7-11-33(12-8-31)41-24-20-39(21-25-41)18-15-35(45)38(5,6)47-28-17-37(3,4)48-36(46)16-19-40-22-26-42(27-23-40)34-13-9-32(10-14-34)30(2)44/h7-14H,15-28H2,1-6H3. The molecule has 0 bridgehead atoms. The van der Waals surface area contributed by atoms with E-state index in [1.165, 1.54) is 0 Å². The fraction of sp³-hybridized carbons (Fsp3) is 0.579. The van der Waals surface area contributed by atoms with E-state index < -0.39 is 11.2 Å². The van der Waals surface area contributed by atoms with E-state index in [9.17, 15) is 19.2 Å². The molecular weight excluding hydrogens is 608 g/mol. The quantitative estimate of drug-likeness (QED) is 0.183. The molecule has 10 nitrogen and oxygen atoms in total. The van der Waals surface area contributed by atoms with Crippen molar-refractivity contribution < 1.29 is 28.7 Å². The van der Waals surface area contributed by atoms with E-state index in [4.69, 9.17) is 9.47 Å². The Morgan fingerprint density at radius 1 is 0.625 bits per heavy atom. The van der Waals surface area contributed by atoms with Crippen molar-refractivity contribution in [3.63, 3.8) is 0 Å². The topological polar surface area (TPSA) is 99.7 Å². The number of rotatable bonds is 16. The second kappa shape index (κ2) is 16.7. The van der Waals surface area contributed by atoms with Gasteiger partial charge in [0.1, 0.15) is 11.2 Å². The minimum absolute atomic E-state index is 0.0627. The van der Waals surface area contributed by atoms with Crippen molar-refractivity contribution in [2.75, 3.05) is 81.9 Å². The zero-order valence-electron chi connectivity index (χ0n) is 29.8. The predicted octanol–water partition coefficient (Wildman–Crippen LogP) is 4.89. The number of Topliss-reactive ketones (excluding diaryl/α,β-unsaturated/α-hetero) is 3. The summed E-state index contributed by atoms with van der Waals surface area (Å²) in [6.45, 7) is 19.1. The van der Waals surface area contributed by atoms with Crippen LogP contribution in [-0.4, -0.2) is 116 Å². The first-order valence-corrected chi connectivity index (χ1v) is 17.3. The van der Waals surface area contributed by atoms with E-state index >= 15 is 0 Å². The fourth-order valence-corrected chi connectivity index (χ4v) is 6.13. The number of hydrogen-bond acceptors (Lipinski definition) is 10. The van der Waals surface area contributed by atoms with Gasteiger partial charge in [-0.3, -0.25) is 29.0 Å². The number of esters is 1. The van der Waals surface area contributed by atoms with Gasteiger partial charge in [0, 0.05) is 101 Å². The first-order chi connectivity index (χ1) is 22.7. The molecule has 0 N–H and O–H groups in total. The van der Waals surface area contributed by atoms with Crippen LogP contribution in [0.4, 0.5) is 11.4 Å². The van der Waals surface area contributed by atoms with Gasteiger partial charge in [-0.2, -0.15) is 0 Å². The van der Waals surface area contributed by atoms with Gasteiger partial charge in [0.2, 0.25) is 0 Å². The average Bonchev–Trinajstić information content (AvgIpc) is 3.06. The van der Waals surface area contributed by atoms with Gasteiger partial charge in [0.25, 0.3) is 0 Å². The average molecular weight is 663 g/mol. The summed E-state index contributed by atoms with van der Waals surface area (Å²) in [5, 5.41) is 0. The third kappa shape index (κ3) is 11.0. The number of ketones is 3. The van der Waals surface area contributed by atoms with E-state index in [-0.39, 0.29) is 23.3 Å². The number of ether oxygens (including phenoxy) is 2. The van der Waals surface area contributed by atoms with Crippen LogP contribution in [0, 0.1) is 0 Å². The Morgan fingerprint density at radius 3 is 1.46 bits per heavy atom. The smallest absolute Gasteiger partial charge is 0.307 e. The molecule has 0 saturated carbocycles. The molecule has 4 rings (SSSR count). The van der Waals surface area contributed by atoms with E-state index in [0.29, 0.717) is 39.0 Å². The lowest BCUT2D eigenvalue weighted by Gasteiger charge is -2.36. The summed E-state index contributed by atoms with van der Waals surface area (Å²) in [5.74, 6) is -0.0321. The van der Waals surface area contributed by atoms with Crippen LogP contribution in [0.2, 0.25) is 0 Å². The Hall–Kier alpha value is -3.60. The zero-order chi connectivity index (χ0) is 34.9. The Kier molecular flexibility index (Phi) is 12.9. The van der Waals surface area contributed by atoms with E-state index in [1.54, 1.807) is 13.8 Å². The third-order valence-electron chi connectivity index (χ3n) is 9.54. The number of anilines is 2. The molecule has 2 heterocycles. The number of carbonyl (C=O) groups excluding carboxylic acids is 4. The maximum absolute atomic E-state index is 13.1. The molecule has 2 aliphatic rings. The molecule has 10 heteroatoms. The summed E-state index contributed by atoms with van der Waals surface area (Å²) in [4.78, 5) is 58.1. The third-order valence-corrected chi connectivity index (χ3v) is 9.54. The van der Waals surface area contributed by atoms with Crippen LogP contribution in [0.25, 0.3) is 0 Å². The summed E-state index contributed by atoms with van der Waals surface area (Å²) in [6, 6.07) is 15.5. The molecule has 2 saturated heterocycles. The number of hydrogen-bond donors (Lipinski definition) is 0. The minimum atomic E-state index is -0.919. The maximum Gasteiger partial charge on any atom is 0.307 e. The first kappa shape index (κ1) is 37.2. The zero-order valence-corrected chi connectivity index (χ0v) is 29.8. The lowest BCUT2D eigenvalue weighted by Crippen LogP contribution is -2.47. The van der Waals surface area contributed by atoms with Crippen molar-refractivity contribution >= 4 is 34.7 Å². The van der Waals surface area contributed by atoms with Crippen LogP contribution in [-0.2, 0) is 19.1 Å². The molecule has 0 aliphatic carbocycles. The Morgan fingerprint density at radius 2 is 1.04 bits per heavy atom. The molecule has 2 aromatic carbocycles. The van der Waals surface area contributed by atoms with Crippen LogP contribution in [0.5, 0.6) is 0 Å². The Bertz CT molecular complexity index is 1390. The second-order valence-electron chi connectivity index (χ2n) is 14.1. The first-order valence-electron chi connectivity index (χ1n) is 17.3. The summed E-state index contributed by atoms with van der Waals surface area (Å²) in [5.41, 5.74) is 2.04. The van der Waals surface area contributed by atoms with Gasteiger partial charge in [-0.1, -0.05) is 0 Å². The fourth-order valence-electron chi connectivity index (χ4n) is 6.13. The highest BCUT2D eigenvalue weighted by Crippen LogP contribution is 2.22. The lowest BCUT2D eigenvalue weighted by molar-refractivity contribution is -0.161. The maximum atomic E-state index is 13.1. The Labute approximate surface area is 286 Å². The molecule has 0 unspecified atom stereocenters. The van der Waals surface area contributed by atoms with Crippen LogP contribution in [0.15, 0.2) is 48.5 Å². The molecular formula is C38H54N4O6. The van der Waals surface area contributed by atoms with Crippen molar-refractivity contribution in [3.8, 4) is 0 Å². The molecule has 0 atom stereocenters. The second-order valence-corrected chi connectivity index (χ2v) is 14.1. The van der Waals surface area contributed by atoms with Crippen LogP contribution >= 0.6 is 0 Å². The normalized spacial score (nSPS) is 16.5. The summed E-state index contributed by atoms with van der Waals surface area (Å²) >= 11 is 0. The van der Waals surface area contributed by atoms with E-state index in [2.05, 4.69) is 19.6 Å². The number of carbonyl (C=O) groups is 4. The monoisotopic (exact) mass is 662 g/mol. The summed E-state index contributed by atoms with van der Waals surface area (Å²) in [7, 11) is 0. The summed E-state index contributed by atoms with van der Waals surface area (Å²) < 4.78 is 11.9. The molecule has 0 aromatic heterocycles. The van der Waals surface area contributed by atoms with Crippen LogP contribution in [0.1, 0.15) is 81.5 Å². The molecule has 2 aliphatic heterocycles. The molecule has 262 valence electrons. The predicted molar refractivity (Wildman–Crippen MR) is 189 cm³/mol. The van der Waals surface area contributed by atoms with E-state index in [0.717, 1.165) is 74.9 Å². The van der Waals surface area contributed by atoms with E-state index in [1.807, 2.05) is 76.2 Å². The van der Waals surface area contributed by atoms with Crippen LogP contribution < -0.4 is 9.80 Å². The van der Waals surface area contributed by atoms with Gasteiger partial charge in [-0.25, -0.2) is 0 Å². The highest BCUT2D eigenvalue weighted by atomic mass is 16.6. The lowest BCUT2D eigenvalue weighted by atomic mass is 9.99. The van der Waals surface area contributed by atoms with Gasteiger partial charge < -0.3 is 19.3 Å². The molecule has 0 spiro atoms. The van der Waals surface area contributed by atoms with Crippen molar-refractivity contribution in [3.05, 3.63) is 59.7 Å². The Balaban J connectivity index is 1.09. The SMILES string of the molecule is CC(=O)c1ccc(N2CCN(CCC(=O)OC(C)(C)CCOC(C)(C)C(=O)CCN3CCN(c4ccc(C(C)=O)cc4)CC3)CC2)cc1. The minimum Gasteiger partial charge on any atom is -0.460 e. The highest BCUT2D eigenvalue weighted by molar-refractivity contribution is 5.94. The molecule has 2 aromatic rings. The largest absolute Gasteiger partial charge is 0.460 e. The van der Waals surface area contributed by atoms with Crippen molar-refractivity contribution in [2.24, 2.45) is 0 Å². The van der Waals surface area contributed by atoms with Gasteiger partial charge in [0.15, 0.2) is 17.3 Å². The van der Waals surface area contributed by atoms with Crippen LogP contribution in [0.3, 0.4) is 0 Å². The number of benzene rings is 2. The summed E-state index contributed by atoms with van der Waals surface area (Å²) in [6.07, 6.45) is 1.23. The molecule has 0 radical (unpaired) electrons. The van der Waals surface area contributed by atoms with Gasteiger partial charge in [-0.05, 0) is 90.1 Å². The van der Waals surface area contributed by atoms with Crippen molar-refractivity contribution in [2.45, 2.75) is 72.0 Å². The molecule has 0 amide bonds. The molecule has 2 fully saturated rings. The molecule has 48 heavy (non-hydrogen) atoms. The number of nitrogens with zero attached hydrogens (tertiary/aromatic N) is 4. The van der Waals surface area contributed by atoms with Gasteiger partial charge in [0.05, 0.1) is 13.0 Å². The van der Waals surface area contributed by atoms with Crippen molar-refractivity contribution in [1.82, 2.24) is 9.80 Å². The highest BCUT2D eigenvalue weighted by Gasteiger charge is 2.31. The number of piperazine rings is 2. The van der Waals surface area contributed by atoms with Gasteiger partial charge >= 0.3 is 5.97 Å². The van der Waals surface area contributed by atoms with Crippen molar-refractivity contribution in [1.29, 1.82) is 0 Å².